The van der Waals surface area contributed by atoms with Gasteiger partial charge < -0.3 is 10.1 Å². The van der Waals surface area contributed by atoms with Gasteiger partial charge in [0.05, 0.1) is 0 Å². The summed E-state index contributed by atoms with van der Waals surface area (Å²) in [5.74, 6) is 0.922. The maximum atomic E-state index is 6.11. The van der Waals surface area contributed by atoms with Crippen molar-refractivity contribution in [2.24, 2.45) is 0 Å². The van der Waals surface area contributed by atoms with Crippen LogP contribution in [0.3, 0.4) is 0 Å². The molecule has 108 valence electrons. The fourth-order valence-corrected chi connectivity index (χ4v) is 2.27. The van der Waals surface area contributed by atoms with Crippen molar-refractivity contribution in [2.45, 2.75) is 12.5 Å². The van der Waals surface area contributed by atoms with Gasteiger partial charge in [-0.25, -0.2) is 0 Å². The Balaban J connectivity index is 0.00000200. The monoisotopic (exact) mass is 403 g/mol. The normalized spacial score (nSPS) is 11.5. The molecule has 4 heteroatoms. The van der Waals surface area contributed by atoms with Crippen molar-refractivity contribution >= 4 is 35.0 Å². The molecular weight excluding hydrogens is 385 g/mol. The third-order valence-corrected chi connectivity index (χ3v) is 3.64. The van der Waals surface area contributed by atoms with Gasteiger partial charge in [-0.3, -0.25) is 0 Å². The van der Waals surface area contributed by atoms with E-state index in [0.717, 1.165) is 18.7 Å². The highest BCUT2D eigenvalue weighted by molar-refractivity contribution is 14.1. The van der Waals surface area contributed by atoms with Crippen LogP contribution >= 0.6 is 35.0 Å². The third kappa shape index (κ3) is 5.31. The Labute approximate surface area is 140 Å². The van der Waals surface area contributed by atoms with Gasteiger partial charge in [-0.2, -0.15) is 0 Å². The van der Waals surface area contributed by atoms with Crippen molar-refractivity contribution in [3.05, 3.63) is 63.7 Å². The van der Waals surface area contributed by atoms with Gasteiger partial charge in [0.2, 0.25) is 0 Å². The molecule has 0 fully saturated rings. The van der Waals surface area contributed by atoms with Gasteiger partial charge in [0.25, 0.3) is 0 Å². The minimum atomic E-state index is 0. The van der Waals surface area contributed by atoms with E-state index < -0.39 is 0 Å². The Morgan fingerprint density at radius 2 is 1.70 bits per heavy atom. The third-order valence-electron chi connectivity index (χ3n) is 2.92. The number of benzene rings is 2. The lowest BCUT2D eigenvalue weighted by Gasteiger charge is -2.19. The van der Waals surface area contributed by atoms with Crippen LogP contribution in [0.1, 0.15) is 18.1 Å². The molecule has 0 aliphatic carbocycles. The molecule has 0 spiro atoms. The van der Waals surface area contributed by atoms with E-state index in [1.54, 1.807) is 0 Å². The SMILES string of the molecule is CNCC[C@@H](Oc1ccc(I)cc1)c1ccccc1.Cl. The molecule has 1 N–H and O–H groups in total. The first kappa shape index (κ1) is 17.3. The Hall–Kier alpha value is -0.780. The van der Waals surface area contributed by atoms with Gasteiger partial charge in [-0.15, -0.1) is 12.4 Å². The predicted molar refractivity (Wildman–Crippen MR) is 94.8 cm³/mol. The average Bonchev–Trinajstić information content (AvgIpc) is 2.46. The topological polar surface area (TPSA) is 21.3 Å². The first-order chi connectivity index (χ1) is 9.29. The Morgan fingerprint density at radius 3 is 2.30 bits per heavy atom. The van der Waals surface area contributed by atoms with Crippen molar-refractivity contribution in [1.29, 1.82) is 0 Å². The summed E-state index contributed by atoms with van der Waals surface area (Å²) < 4.78 is 7.33. The summed E-state index contributed by atoms with van der Waals surface area (Å²) in [6.45, 7) is 0.934. The molecule has 2 nitrogen and oxygen atoms in total. The predicted octanol–water partition coefficient (Wildman–Crippen LogP) is 4.44. The summed E-state index contributed by atoms with van der Waals surface area (Å²) in [4.78, 5) is 0. The van der Waals surface area contributed by atoms with Gasteiger partial charge in [-0.05, 0) is 66.0 Å². The number of halogens is 2. The van der Waals surface area contributed by atoms with Gasteiger partial charge in [0, 0.05) is 9.99 Å². The fourth-order valence-electron chi connectivity index (χ4n) is 1.91. The first-order valence-corrected chi connectivity index (χ1v) is 7.49. The minimum absolute atomic E-state index is 0. The van der Waals surface area contributed by atoms with Crippen LogP contribution in [0.25, 0.3) is 0 Å². The molecule has 0 unspecified atom stereocenters. The van der Waals surface area contributed by atoms with Crippen LogP contribution < -0.4 is 10.1 Å². The highest BCUT2D eigenvalue weighted by atomic mass is 127. The standard InChI is InChI=1S/C16H18INO.ClH/c1-18-12-11-16(13-5-3-2-4-6-13)19-15-9-7-14(17)8-10-15;/h2-10,16,18H,11-12H2,1H3;1H/t16-;/m1./s1. The first-order valence-electron chi connectivity index (χ1n) is 6.41. The van der Waals surface area contributed by atoms with E-state index >= 15 is 0 Å². The zero-order chi connectivity index (χ0) is 13.5. The molecule has 0 saturated carbocycles. The van der Waals surface area contributed by atoms with Crippen LogP contribution in [0.15, 0.2) is 54.6 Å². The summed E-state index contributed by atoms with van der Waals surface area (Å²) in [6, 6.07) is 18.6. The molecule has 0 amide bonds. The van der Waals surface area contributed by atoms with Crippen LogP contribution in [0.4, 0.5) is 0 Å². The van der Waals surface area contributed by atoms with E-state index in [-0.39, 0.29) is 18.5 Å². The summed E-state index contributed by atoms with van der Waals surface area (Å²) in [5.41, 5.74) is 1.22. The van der Waals surface area contributed by atoms with Gasteiger partial charge in [0.15, 0.2) is 0 Å². The van der Waals surface area contributed by atoms with E-state index in [9.17, 15) is 0 Å². The summed E-state index contributed by atoms with van der Waals surface area (Å²) in [7, 11) is 1.97. The Morgan fingerprint density at radius 1 is 1.05 bits per heavy atom. The van der Waals surface area contributed by atoms with Crippen LogP contribution in [-0.2, 0) is 0 Å². The maximum absolute atomic E-state index is 6.11. The molecule has 2 rings (SSSR count). The Kier molecular flexibility index (Phi) is 7.95. The molecule has 0 aliphatic heterocycles. The van der Waals surface area contributed by atoms with Crippen LogP contribution in [-0.4, -0.2) is 13.6 Å². The molecule has 2 aromatic carbocycles. The molecule has 1 atom stereocenters. The lowest BCUT2D eigenvalue weighted by molar-refractivity contribution is 0.195. The summed E-state index contributed by atoms with van der Waals surface area (Å²) >= 11 is 2.30. The Bertz CT molecular complexity index is 490. The van der Waals surface area contributed by atoms with Gasteiger partial charge in [-0.1, -0.05) is 30.3 Å². The lowest BCUT2D eigenvalue weighted by atomic mass is 10.1. The van der Waals surface area contributed by atoms with Crippen molar-refractivity contribution in [3.8, 4) is 5.75 Å². The quantitative estimate of drug-likeness (QED) is 0.720. The molecule has 2 aromatic rings. The molecule has 0 bridgehead atoms. The van der Waals surface area contributed by atoms with Crippen molar-refractivity contribution < 1.29 is 4.74 Å². The van der Waals surface area contributed by atoms with Crippen LogP contribution in [0.5, 0.6) is 5.75 Å². The largest absolute Gasteiger partial charge is 0.486 e. The summed E-state index contributed by atoms with van der Waals surface area (Å²) in [5, 5.41) is 3.18. The zero-order valence-corrected chi connectivity index (χ0v) is 14.4. The molecule has 0 saturated heterocycles. The molecule has 20 heavy (non-hydrogen) atoms. The molecule has 0 heterocycles. The number of rotatable bonds is 6. The molecule has 0 aliphatic rings. The average molecular weight is 404 g/mol. The number of hydrogen-bond donors (Lipinski definition) is 1. The van der Waals surface area contributed by atoms with Crippen molar-refractivity contribution in [1.82, 2.24) is 5.32 Å². The second-order valence-corrected chi connectivity index (χ2v) is 5.61. The lowest BCUT2D eigenvalue weighted by Crippen LogP contribution is -2.16. The van der Waals surface area contributed by atoms with Crippen molar-refractivity contribution in [3.63, 3.8) is 0 Å². The second kappa shape index (κ2) is 9.21. The fraction of sp³-hybridized carbons (Fsp3) is 0.250. The van der Waals surface area contributed by atoms with E-state index in [4.69, 9.17) is 4.74 Å². The van der Waals surface area contributed by atoms with E-state index in [1.807, 2.05) is 25.2 Å². The highest BCUT2D eigenvalue weighted by Gasteiger charge is 2.12. The molecule has 0 radical (unpaired) electrons. The molecule has 0 aromatic heterocycles. The smallest absolute Gasteiger partial charge is 0.125 e. The van der Waals surface area contributed by atoms with E-state index in [2.05, 4.69) is 64.3 Å². The van der Waals surface area contributed by atoms with E-state index in [0.29, 0.717) is 0 Å². The zero-order valence-electron chi connectivity index (χ0n) is 11.4. The minimum Gasteiger partial charge on any atom is -0.486 e. The van der Waals surface area contributed by atoms with E-state index in [1.165, 1.54) is 9.13 Å². The number of ether oxygens (including phenoxy) is 1. The number of nitrogens with one attached hydrogen (secondary N) is 1. The van der Waals surface area contributed by atoms with Crippen molar-refractivity contribution in [2.75, 3.05) is 13.6 Å². The summed E-state index contributed by atoms with van der Waals surface area (Å²) in [6.07, 6.45) is 1.04. The maximum Gasteiger partial charge on any atom is 0.125 e. The number of hydrogen-bond acceptors (Lipinski definition) is 2. The van der Waals surface area contributed by atoms with Crippen LogP contribution in [0.2, 0.25) is 0 Å². The van der Waals surface area contributed by atoms with Crippen LogP contribution in [0, 0.1) is 3.57 Å². The van der Waals surface area contributed by atoms with Gasteiger partial charge >= 0.3 is 0 Å². The molecular formula is C16H19ClINO. The van der Waals surface area contributed by atoms with Gasteiger partial charge in [0.1, 0.15) is 11.9 Å². The highest BCUT2D eigenvalue weighted by Crippen LogP contribution is 2.25. The second-order valence-electron chi connectivity index (χ2n) is 4.36.